The molecule has 0 atom stereocenters. The van der Waals surface area contributed by atoms with E-state index in [0.717, 1.165) is 29.4 Å². The van der Waals surface area contributed by atoms with Gasteiger partial charge in [0, 0.05) is 28.0 Å². The SMILES string of the molecule is CCCn1c(Cl)c(/C=N/NC(=O)Nc2ccc(Cl)cc2Cl)c2ccccc21. The second-order valence-electron chi connectivity index (χ2n) is 5.82. The van der Waals surface area contributed by atoms with Crippen molar-refractivity contribution >= 4 is 63.6 Å². The van der Waals surface area contributed by atoms with Crippen LogP contribution in [0.15, 0.2) is 47.6 Å². The summed E-state index contributed by atoms with van der Waals surface area (Å²) in [4.78, 5) is 12.0. The molecule has 8 heteroatoms. The van der Waals surface area contributed by atoms with Crippen LogP contribution in [0.2, 0.25) is 15.2 Å². The van der Waals surface area contributed by atoms with Gasteiger partial charge < -0.3 is 9.88 Å². The molecule has 0 spiro atoms. The third kappa shape index (κ3) is 4.38. The molecule has 0 aliphatic carbocycles. The van der Waals surface area contributed by atoms with E-state index in [-0.39, 0.29) is 0 Å². The molecule has 140 valence electrons. The number of para-hydroxylation sites is 1. The number of nitrogens with one attached hydrogen (secondary N) is 2. The van der Waals surface area contributed by atoms with Crippen LogP contribution in [-0.4, -0.2) is 16.8 Å². The van der Waals surface area contributed by atoms with Gasteiger partial charge in [0.2, 0.25) is 0 Å². The van der Waals surface area contributed by atoms with Gasteiger partial charge in [0.25, 0.3) is 0 Å². The fourth-order valence-corrected chi connectivity index (χ4v) is 3.54. The molecule has 2 amide bonds. The molecule has 27 heavy (non-hydrogen) atoms. The molecular formula is C19H17Cl3N4O. The zero-order chi connectivity index (χ0) is 19.4. The summed E-state index contributed by atoms with van der Waals surface area (Å²) >= 11 is 18.4. The van der Waals surface area contributed by atoms with Crippen molar-refractivity contribution in [2.24, 2.45) is 5.10 Å². The average Bonchev–Trinajstić information content (AvgIpc) is 2.90. The van der Waals surface area contributed by atoms with E-state index >= 15 is 0 Å². The molecule has 1 aromatic heterocycles. The Hall–Kier alpha value is -2.21. The van der Waals surface area contributed by atoms with E-state index < -0.39 is 6.03 Å². The van der Waals surface area contributed by atoms with Crippen molar-refractivity contribution < 1.29 is 4.79 Å². The maximum Gasteiger partial charge on any atom is 0.339 e. The summed E-state index contributed by atoms with van der Waals surface area (Å²) in [6.45, 7) is 2.89. The van der Waals surface area contributed by atoms with Crippen LogP contribution in [0.1, 0.15) is 18.9 Å². The van der Waals surface area contributed by atoms with Gasteiger partial charge in [0.15, 0.2) is 0 Å². The number of aromatic nitrogens is 1. The maximum absolute atomic E-state index is 12.0. The second-order valence-corrected chi connectivity index (χ2v) is 7.02. The Labute approximate surface area is 171 Å². The van der Waals surface area contributed by atoms with E-state index in [4.69, 9.17) is 34.8 Å². The van der Waals surface area contributed by atoms with Gasteiger partial charge >= 0.3 is 6.03 Å². The summed E-state index contributed by atoms with van der Waals surface area (Å²) in [7, 11) is 0. The van der Waals surface area contributed by atoms with E-state index in [1.54, 1.807) is 24.4 Å². The number of fused-ring (bicyclic) bond motifs is 1. The first-order valence-electron chi connectivity index (χ1n) is 8.33. The number of carbonyl (C=O) groups is 1. The molecule has 3 aromatic rings. The third-order valence-electron chi connectivity index (χ3n) is 3.93. The lowest BCUT2D eigenvalue weighted by Gasteiger charge is -2.06. The highest BCUT2D eigenvalue weighted by atomic mass is 35.5. The molecular weight excluding hydrogens is 407 g/mol. The van der Waals surface area contributed by atoms with Gasteiger partial charge in [-0.25, -0.2) is 10.2 Å². The fourth-order valence-electron chi connectivity index (χ4n) is 2.76. The van der Waals surface area contributed by atoms with E-state index in [1.807, 2.05) is 28.8 Å². The molecule has 2 aromatic carbocycles. The van der Waals surface area contributed by atoms with Gasteiger partial charge in [-0.05, 0) is 30.7 Å². The highest BCUT2D eigenvalue weighted by molar-refractivity contribution is 6.36. The lowest BCUT2D eigenvalue weighted by Crippen LogP contribution is -2.24. The summed E-state index contributed by atoms with van der Waals surface area (Å²) < 4.78 is 2.03. The molecule has 3 rings (SSSR count). The average molecular weight is 424 g/mol. The predicted octanol–water partition coefficient (Wildman–Crippen LogP) is 6.17. The first-order chi connectivity index (χ1) is 13.0. The Kier molecular flexibility index (Phi) is 6.26. The fraction of sp³-hybridized carbons (Fsp3) is 0.158. The number of carbonyl (C=O) groups excluding carboxylic acids is 1. The van der Waals surface area contributed by atoms with E-state index in [1.165, 1.54) is 0 Å². The van der Waals surface area contributed by atoms with Gasteiger partial charge in [-0.3, -0.25) is 0 Å². The number of aryl methyl sites for hydroxylation is 1. The van der Waals surface area contributed by atoms with E-state index in [9.17, 15) is 4.79 Å². The van der Waals surface area contributed by atoms with Crippen molar-refractivity contribution in [3.8, 4) is 0 Å². The highest BCUT2D eigenvalue weighted by Gasteiger charge is 2.13. The minimum atomic E-state index is -0.524. The smallest absolute Gasteiger partial charge is 0.331 e. The summed E-state index contributed by atoms with van der Waals surface area (Å²) in [6.07, 6.45) is 2.50. The van der Waals surface area contributed by atoms with Crippen LogP contribution in [0, 0.1) is 0 Å². The Balaban J connectivity index is 1.76. The number of hydrazone groups is 1. The number of urea groups is 1. The van der Waals surface area contributed by atoms with Crippen LogP contribution in [0.3, 0.4) is 0 Å². The van der Waals surface area contributed by atoms with Crippen molar-refractivity contribution in [2.45, 2.75) is 19.9 Å². The van der Waals surface area contributed by atoms with Crippen LogP contribution in [0.5, 0.6) is 0 Å². The number of anilines is 1. The second kappa shape index (κ2) is 8.65. The van der Waals surface area contributed by atoms with Crippen molar-refractivity contribution in [1.82, 2.24) is 9.99 Å². The van der Waals surface area contributed by atoms with Crippen LogP contribution in [0.25, 0.3) is 10.9 Å². The molecule has 0 fully saturated rings. The van der Waals surface area contributed by atoms with Crippen LogP contribution in [-0.2, 0) is 6.54 Å². The number of amides is 2. The first-order valence-corrected chi connectivity index (χ1v) is 9.46. The Morgan fingerprint density at radius 1 is 1.19 bits per heavy atom. The number of halogens is 3. The molecule has 0 bridgehead atoms. The predicted molar refractivity (Wildman–Crippen MR) is 113 cm³/mol. The molecule has 1 heterocycles. The molecule has 0 radical (unpaired) electrons. The quantitative estimate of drug-likeness (QED) is 0.374. The standard InChI is InChI=1S/C19H17Cl3N4O/c1-2-9-26-17-6-4-3-5-13(17)14(18(26)22)11-23-25-19(27)24-16-8-7-12(20)10-15(16)21/h3-8,10-11H,2,9H2,1H3,(H2,24,25,27)/b23-11+. The van der Waals surface area contributed by atoms with Gasteiger partial charge in [-0.1, -0.05) is 59.9 Å². The number of rotatable bonds is 5. The lowest BCUT2D eigenvalue weighted by atomic mass is 10.2. The number of benzene rings is 2. The number of hydrogen-bond acceptors (Lipinski definition) is 2. The van der Waals surface area contributed by atoms with Crippen LogP contribution >= 0.6 is 34.8 Å². The zero-order valence-electron chi connectivity index (χ0n) is 14.5. The zero-order valence-corrected chi connectivity index (χ0v) is 16.7. The molecule has 5 nitrogen and oxygen atoms in total. The Morgan fingerprint density at radius 3 is 2.70 bits per heavy atom. The highest BCUT2D eigenvalue weighted by Crippen LogP contribution is 2.29. The summed E-state index contributed by atoms with van der Waals surface area (Å²) in [6, 6.07) is 12.2. The van der Waals surface area contributed by atoms with E-state index in [0.29, 0.717) is 20.9 Å². The Bertz CT molecular complexity index is 1010. The lowest BCUT2D eigenvalue weighted by molar-refractivity contribution is 0.252. The topological polar surface area (TPSA) is 58.4 Å². The third-order valence-corrected chi connectivity index (χ3v) is 4.89. The largest absolute Gasteiger partial charge is 0.339 e. The number of hydrogen-bond donors (Lipinski definition) is 2. The van der Waals surface area contributed by atoms with Crippen LogP contribution < -0.4 is 10.7 Å². The van der Waals surface area contributed by atoms with Crippen LogP contribution in [0.4, 0.5) is 10.5 Å². The molecule has 0 saturated heterocycles. The van der Waals surface area contributed by atoms with Crippen molar-refractivity contribution in [3.63, 3.8) is 0 Å². The minimum Gasteiger partial charge on any atom is -0.331 e. The normalized spacial score (nSPS) is 11.3. The molecule has 0 unspecified atom stereocenters. The molecule has 0 aliphatic rings. The summed E-state index contributed by atoms with van der Waals surface area (Å²) in [5.74, 6) is 0. The minimum absolute atomic E-state index is 0.340. The van der Waals surface area contributed by atoms with Crippen molar-refractivity contribution in [2.75, 3.05) is 5.32 Å². The Morgan fingerprint density at radius 2 is 1.96 bits per heavy atom. The molecule has 0 saturated carbocycles. The first kappa shape index (κ1) is 19.5. The summed E-state index contributed by atoms with van der Waals surface area (Å²) in [5.41, 5.74) is 4.64. The van der Waals surface area contributed by atoms with Gasteiger partial charge in [-0.2, -0.15) is 5.10 Å². The number of nitrogens with zero attached hydrogens (tertiary/aromatic N) is 2. The van der Waals surface area contributed by atoms with Crippen molar-refractivity contribution in [1.29, 1.82) is 0 Å². The summed E-state index contributed by atoms with van der Waals surface area (Å²) in [5, 5.41) is 9.01. The maximum atomic E-state index is 12.0. The van der Waals surface area contributed by atoms with Gasteiger partial charge in [-0.15, -0.1) is 0 Å². The monoisotopic (exact) mass is 422 g/mol. The van der Waals surface area contributed by atoms with E-state index in [2.05, 4.69) is 22.8 Å². The molecule has 2 N–H and O–H groups in total. The van der Waals surface area contributed by atoms with Gasteiger partial charge in [0.1, 0.15) is 5.15 Å². The molecule has 0 aliphatic heterocycles. The van der Waals surface area contributed by atoms with Crippen molar-refractivity contribution in [3.05, 3.63) is 63.2 Å². The van der Waals surface area contributed by atoms with Gasteiger partial charge in [0.05, 0.1) is 16.9 Å².